The average molecular weight is 689 g/mol. The number of benzene rings is 5. The molecular weight excluding hydrogens is 649 g/mol. The lowest BCUT2D eigenvalue weighted by Crippen LogP contribution is -2.42. The molecule has 0 saturated carbocycles. The lowest BCUT2D eigenvalue weighted by Gasteiger charge is -2.44. The summed E-state index contributed by atoms with van der Waals surface area (Å²) in [5.74, 6) is 1.67. The second-order valence-electron chi connectivity index (χ2n) is 16.1. The van der Waals surface area contributed by atoms with Gasteiger partial charge in [-0.15, -0.1) is 0 Å². The van der Waals surface area contributed by atoms with Crippen LogP contribution in [0.2, 0.25) is 0 Å². The van der Waals surface area contributed by atoms with Crippen LogP contribution in [0.5, 0.6) is 0 Å². The lowest BCUT2D eigenvalue weighted by atomic mass is 9.59. The van der Waals surface area contributed by atoms with Gasteiger partial charge in [-0.2, -0.15) is 15.0 Å². The standard InChI is InChI=1S/C47H40N6/c1-45(2)35-25-23-29(27-36(35)46(3,4)47(45,5)6)37-26-24-30(28-48-37)42-49-43(52-38-19-11-7-15-31(38)32-16-8-12-20-39(32)52)51-44(50-42)53-40-21-13-9-17-33(40)34-18-10-14-22-41(34)53/h7-28H,1-6H3. The summed E-state index contributed by atoms with van der Waals surface area (Å²) in [4.78, 5) is 20.7. The molecule has 0 atom stereocenters. The van der Waals surface area contributed by atoms with Gasteiger partial charge < -0.3 is 0 Å². The van der Waals surface area contributed by atoms with E-state index in [1.807, 2.05) is 6.20 Å². The molecule has 0 amide bonds. The number of fused-ring (bicyclic) bond motifs is 7. The summed E-state index contributed by atoms with van der Waals surface area (Å²) >= 11 is 0. The molecule has 0 saturated heterocycles. The quantitative estimate of drug-likeness (QED) is 0.185. The van der Waals surface area contributed by atoms with E-state index in [1.54, 1.807) is 0 Å². The number of nitrogens with zero attached hydrogens (tertiary/aromatic N) is 6. The fourth-order valence-electron chi connectivity index (χ4n) is 8.88. The summed E-state index contributed by atoms with van der Waals surface area (Å²) in [6.45, 7) is 14.3. The predicted octanol–water partition coefficient (Wildman–Crippen LogP) is 11.4. The van der Waals surface area contributed by atoms with E-state index < -0.39 is 0 Å². The summed E-state index contributed by atoms with van der Waals surface area (Å²) in [5.41, 5.74) is 10.0. The predicted molar refractivity (Wildman–Crippen MR) is 217 cm³/mol. The van der Waals surface area contributed by atoms with Crippen LogP contribution in [-0.4, -0.2) is 29.1 Å². The van der Waals surface area contributed by atoms with Crippen LogP contribution in [-0.2, 0) is 10.8 Å². The van der Waals surface area contributed by atoms with Crippen molar-refractivity contribution in [3.8, 4) is 34.5 Å². The van der Waals surface area contributed by atoms with E-state index in [0.717, 1.165) is 60.4 Å². The van der Waals surface area contributed by atoms with Crippen molar-refractivity contribution in [2.75, 3.05) is 0 Å². The molecule has 4 aromatic heterocycles. The Balaban J connectivity index is 1.17. The number of hydrogen-bond donors (Lipinski definition) is 0. The van der Waals surface area contributed by atoms with Gasteiger partial charge in [-0.25, -0.2) is 0 Å². The molecule has 5 aromatic carbocycles. The van der Waals surface area contributed by atoms with Crippen LogP contribution >= 0.6 is 0 Å². The maximum absolute atomic E-state index is 5.26. The summed E-state index contributed by atoms with van der Waals surface area (Å²) in [7, 11) is 0. The number of pyridine rings is 1. The Hall–Kier alpha value is -6.14. The van der Waals surface area contributed by atoms with Gasteiger partial charge in [0.15, 0.2) is 5.82 Å². The molecule has 0 bridgehead atoms. The topological polar surface area (TPSA) is 61.4 Å². The molecule has 4 heterocycles. The summed E-state index contributed by atoms with van der Waals surface area (Å²) in [6, 6.07) is 44.9. The smallest absolute Gasteiger partial charge is 0.240 e. The van der Waals surface area contributed by atoms with Gasteiger partial charge in [-0.3, -0.25) is 14.1 Å². The SMILES string of the molecule is CC1(C)c2ccc(-c3ccc(-c4nc(-n5c6ccccc6c6ccccc65)nc(-n5c6ccccc6c6ccccc65)n4)cn3)cc2C(C)(C)C1(C)C. The van der Waals surface area contributed by atoms with Crippen molar-refractivity contribution in [2.24, 2.45) is 5.41 Å². The van der Waals surface area contributed by atoms with Crippen LogP contribution in [0.1, 0.15) is 52.7 Å². The van der Waals surface area contributed by atoms with E-state index in [4.69, 9.17) is 19.9 Å². The monoisotopic (exact) mass is 688 g/mol. The van der Waals surface area contributed by atoms with Crippen LogP contribution in [0.3, 0.4) is 0 Å². The van der Waals surface area contributed by atoms with Gasteiger partial charge >= 0.3 is 0 Å². The third-order valence-electron chi connectivity index (χ3n) is 13.0. The molecule has 0 unspecified atom stereocenters. The fraction of sp³-hybridized carbons (Fsp3) is 0.191. The third kappa shape index (κ3) is 4.32. The van der Waals surface area contributed by atoms with Crippen molar-refractivity contribution >= 4 is 43.6 Å². The zero-order chi connectivity index (χ0) is 36.3. The van der Waals surface area contributed by atoms with Crippen molar-refractivity contribution < 1.29 is 0 Å². The Morgan fingerprint density at radius 3 is 1.32 bits per heavy atom. The van der Waals surface area contributed by atoms with Crippen molar-refractivity contribution in [1.82, 2.24) is 29.1 Å². The van der Waals surface area contributed by atoms with Crippen LogP contribution in [0.4, 0.5) is 0 Å². The molecule has 6 nitrogen and oxygen atoms in total. The molecule has 258 valence electrons. The molecule has 1 aliphatic rings. The van der Waals surface area contributed by atoms with Gasteiger partial charge in [-0.05, 0) is 69.8 Å². The number of aromatic nitrogens is 6. The Labute approximate surface area is 308 Å². The highest BCUT2D eigenvalue weighted by molar-refractivity contribution is 6.10. The Morgan fingerprint density at radius 1 is 0.434 bits per heavy atom. The highest BCUT2D eigenvalue weighted by Crippen LogP contribution is 2.61. The van der Waals surface area contributed by atoms with Crippen molar-refractivity contribution in [1.29, 1.82) is 0 Å². The van der Waals surface area contributed by atoms with E-state index in [-0.39, 0.29) is 16.2 Å². The molecule has 0 fully saturated rings. The van der Waals surface area contributed by atoms with E-state index in [9.17, 15) is 0 Å². The van der Waals surface area contributed by atoms with Gasteiger partial charge in [0.1, 0.15) is 0 Å². The Kier molecular flexibility index (Phi) is 6.52. The van der Waals surface area contributed by atoms with Crippen LogP contribution in [0.25, 0.3) is 78.2 Å². The molecular formula is C47H40N6. The number of rotatable bonds is 4. The van der Waals surface area contributed by atoms with E-state index in [2.05, 4.69) is 178 Å². The van der Waals surface area contributed by atoms with E-state index >= 15 is 0 Å². The summed E-state index contributed by atoms with van der Waals surface area (Å²) in [5, 5.41) is 4.61. The number of para-hydroxylation sites is 4. The molecule has 9 aromatic rings. The minimum Gasteiger partial charge on any atom is -0.278 e. The zero-order valence-corrected chi connectivity index (χ0v) is 30.9. The van der Waals surface area contributed by atoms with Gasteiger partial charge in [0.05, 0.1) is 27.8 Å². The number of hydrogen-bond acceptors (Lipinski definition) is 4. The second kappa shape index (κ2) is 10.9. The van der Waals surface area contributed by atoms with Crippen molar-refractivity contribution in [3.05, 3.63) is 145 Å². The largest absolute Gasteiger partial charge is 0.278 e. The van der Waals surface area contributed by atoms with Gasteiger partial charge in [0, 0.05) is 38.9 Å². The first-order chi connectivity index (χ1) is 25.6. The second-order valence-corrected chi connectivity index (χ2v) is 16.1. The first-order valence-electron chi connectivity index (χ1n) is 18.4. The van der Waals surface area contributed by atoms with Crippen LogP contribution in [0.15, 0.2) is 134 Å². The molecule has 53 heavy (non-hydrogen) atoms. The minimum absolute atomic E-state index is 0.0130. The highest BCUT2D eigenvalue weighted by atomic mass is 15.3. The van der Waals surface area contributed by atoms with Crippen LogP contribution in [0, 0.1) is 5.41 Å². The molecule has 0 aliphatic heterocycles. The zero-order valence-electron chi connectivity index (χ0n) is 30.9. The third-order valence-corrected chi connectivity index (χ3v) is 13.0. The summed E-state index contributed by atoms with van der Waals surface area (Å²) in [6.07, 6.45) is 1.90. The lowest BCUT2D eigenvalue weighted by molar-refractivity contribution is 0.125. The highest BCUT2D eigenvalue weighted by Gasteiger charge is 2.56. The molecule has 1 aliphatic carbocycles. The molecule has 0 N–H and O–H groups in total. The Bertz CT molecular complexity index is 2680. The van der Waals surface area contributed by atoms with Gasteiger partial charge in [0.25, 0.3) is 0 Å². The maximum Gasteiger partial charge on any atom is 0.240 e. The Morgan fingerprint density at radius 2 is 0.868 bits per heavy atom. The first kappa shape index (κ1) is 31.6. The normalized spacial score (nSPS) is 15.8. The first-order valence-corrected chi connectivity index (χ1v) is 18.4. The molecule has 6 heteroatoms. The van der Waals surface area contributed by atoms with Crippen molar-refractivity contribution in [3.63, 3.8) is 0 Å². The molecule has 0 radical (unpaired) electrons. The van der Waals surface area contributed by atoms with Crippen molar-refractivity contribution in [2.45, 2.75) is 52.4 Å². The van der Waals surface area contributed by atoms with Crippen LogP contribution < -0.4 is 0 Å². The molecule has 0 spiro atoms. The summed E-state index contributed by atoms with van der Waals surface area (Å²) < 4.78 is 4.31. The molecule has 10 rings (SSSR count). The van der Waals surface area contributed by atoms with E-state index in [1.165, 1.54) is 11.1 Å². The average Bonchev–Trinajstić information content (AvgIpc) is 3.73. The van der Waals surface area contributed by atoms with Gasteiger partial charge in [-0.1, -0.05) is 126 Å². The van der Waals surface area contributed by atoms with Gasteiger partial charge in [0.2, 0.25) is 11.9 Å². The van der Waals surface area contributed by atoms with E-state index in [0.29, 0.717) is 17.7 Å². The maximum atomic E-state index is 5.26. The minimum atomic E-state index is 0.0130. The fourth-order valence-corrected chi connectivity index (χ4v) is 8.88.